The minimum atomic E-state index is -4.67. The molecule has 0 atom stereocenters. The number of esters is 1. The van der Waals surface area contributed by atoms with E-state index in [1.807, 2.05) is 0 Å². The number of anilines is 1. The number of nitrogens with zero attached hydrogens (tertiary/aromatic N) is 2. The van der Waals surface area contributed by atoms with Crippen molar-refractivity contribution in [2.24, 2.45) is 11.8 Å². The number of piperidine rings is 1. The van der Waals surface area contributed by atoms with Crippen molar-refractivity contribution in [2.75, 3.05) is 31.1 Å². The molecule has 2 fully saturated rings. The molecule has 0 unspecified atom stereocenters. The molecule has 1 aliphatic carbocycles. The van der Waals surface area contributed by atoms with Gasteiger partial charge < -0.3 is 15.0 Å². The number of hydrogen-bond acceptors (Lipinski definition) is 6. The van der Waals surface area contributed by atoms with Gasteiger partial charge >= 0.3 is 12.1 Å². The highest BCUT2D eigenvalue weighted by molar-refractivity contribution is 5.83. The number of benzene rings is 1. The fourth-order valence-electron chi connectivity index (χ4n) is 3.35. The van der Waals surface area contributed by atoms with E-state index in [0.29, 0.717) is 31.4 Å². The van der Waals surface area contributed by atoms with Crippen molar-refractivity contribution in [3.63, 3.8) is 0 Å². The lowest BCUT2D eigenvalue weighted by molar-refractivity contribution is -0.384. The van der Waals surface area contributed by atoms with E-state index >= 15 is 0 Å². The molecule has 1 amide bonds. The topological polar surface area (TPSA) is 102 Å². The number of rotatable bonds is 7. The van der Waals surface area contributed by atoms with Gasteiger partial charge in [-0.3, -0.25) is 19.7 Å². The van der Waals surface area contributed by atoms with Gasteiger partial charge in [0, 0.05) is 25.1 Å². The van der Waals surface area contributed by atoms with Crippen LogP contribution in [0.3, 0.4) is 0 Å². The monoisotopic (exact) mass is 429 g/mol. The summed E-state index contributed by atoms with van der Waals surface area (Å²) in [5.74, 6) is -0.748. The Morgan fingerprint density at radius 1 is 1.20 bits per heavy atom. The Morgan fingerprint density at radius 3 is 2.43 bits per heavy atom. The van der Waals surface area contributed by atoms with Crippen LogP contribution in [0.15, 0.2) is 18.2 Å². The van der Waals surface area contributed by atoms with Gasteiger partial charge in [0.2, 0.25) is 5.91 Å². The van der Waals surface area contributed by atoms with E-state index in [-0.39, 0.29) is 37.1 Å². The molecule has 8 nitrogen and oxygen atoms in total. The van der Waals surface area contributed by atoms with Crippen molar-refractivity contribution in [3.8, 4) is 0 Å². The first-order chi connectivity index (χ1) is 14.1. The smallest absolute Gasteiger partial charge is 0.416 e. The summed E-state index contributed by atoms with van der Waals surface area (Å²) in [7, 11) is 0. The van der Waals surface area contributed by atoms with E-state index in [1.165, 1.54) is 0 Å². The third kappa shape index (κ3) is 5.61. The number of alkyl halides is 3. The maximum atomic E-state index is 12.9. The van der Waals surface area contributed by atoms with Crippen molar-refractivity contribution in [2.45, 2.75) is 31.9 Å². The fraction of sp³-hybridized carbons (Fsp3) is 0.579. The Balaban J connectivity index is 1.53. The third-order valence-corrected chi connectivity index (χ3v) is 5.29. The van der Waals surface area contributed by atoms with Crippen LogP contribution >= 0.6 is 0 Å². The molecule has 30 heavy (non-hydrogen) atoms. The molecule has 0 spiro atoms. The number of carbonyl (C=O) groups excluding carboxylic acids is 2. The predicted octanol–water partition coefficient (Wildman–Crippen LogP) is 2.90. The Morgan fingerprint density at radius 2 is 1.87 bits per heavy atom. The van der Waals surface area contributed by atoms with Gasteiger partial charge in [0.25, 0.3) is 5.69 Å². The maximum Gasteiger partial charge on any atom is 0.416 e. The second kappa shape index (κ2) is 8.88. The lowest BCUT2D eigenvalue weighted by Gasteiger charge is -2.32. The van der Waals surface area contributed by atoms with Gasteiger partial charge in [0.15, 0.2) is 0 Å². The normalized spacial score (nSPS) is 17.5. The molecule has 1 heterocycles. The summed E-state index contributed by atoms with van der Waals surface area (Å²) < 4.78 is 43.6. The number of nitrogens with one attached hydrogen (secondary N) is 1. The van der Waals surface area contributed by atoms with Gasteiger partial charge in [-0.25, -0.2) is 0 Å². The van der Waals surface area contributed by atoms with Gasteiger partial charge in [-0.05, 0) is 43.7 Å². The standard InChI is InChI=1S/C19H22F3N3O5/c20-19(21,22)14-3-4-15(16(9-14)25(28)29)24-7-5-13(6-8-24)18(27)23-10-17(26)30-11-12-1-2-12/h3-4,9,12-13H,1-2,5-8,10-11H2,(H,23,27). The van der Waals surface area contributed by atoms with E-state index in [4.69, 9.17) is 4.74 Å². The number of hydrogen-bond donors (Lipinski definition) is 1. The van der Waals surface area contributed by atoms with Crippen LogP contribution in [0.5, 0.6) is 0 Å². The third-order valence-electron chi connectivity index (χ3n) is 5.29. The Labute approximate surface area is 170 Å². The molecule has 1 aliphatic heterocycles. The van der Waals surface area contributed by atoms with Crippen molar-refractivity contribution in [3.05, 3.63) is 33.9 Å². The Bertz CT molecular complexity index is 818. The van der Waals surface area contributed by atoms with Gasteiger partial charge in [-0.15, -0.1) is 0 Å². The first kappa shape index (κ1) is 21.8. The van der Waals surface area contributed by atoms with Gasteiger partial charge in [-0.2, -0.15) is 13.2 Å². The van der Waals surface area contributed by atoms with E-state index in [2.05, 4.69) is 5.32 Å². The molecule has 0 radical (unpaired) electrons. The highest BCUT2D eigenvalue weighted by Crippen LogP contribution is 2.37. The Hall–Kier alpha value is -2.85. The highest BCUT2D eigenvalue weighted by Gasteiger charge is 2.35. The largest absolute Gasteiger partial charge is 0.464 e. The van der Waals surface area contributed by atoms with Gasteiger partial charge in [-0.1, -0.05) is 0 Å². The minimum absolute atomic E-state index is 0.0931. The van der Waals surface area contributed by atoms with Gasteiger partial charge in [0.1, 0.15) is 12.2 Å². The highest BCUT2D eigenvalue weighted by atomic mass is 19.4. The lowest BCUT2D eigenvalue weighted by atomic mass is 9.95. The minimum Gasteiger partial charge on any atom is -0.464 e. The molecule has 0 aromatic heterocycles. The number of nitro groups is 1. The van der Waals surface area contributed by atoms with Crippen LogP contribution in [0.4, 0.5) is 24.5 Å². The summed E-state index contributed by atoms with van der Waals surface area (Å²) in [6, 6.07) is 2.44. The first-order valence-corrected chi connectivity index (χ1v) is 9.69. The van der Waals surface area contributed by atoms with E-state index in [1.54, 1.807) is 4.90 Å². The summed E-state index contributed by atoms with van der Waals surface area (Å²) in [5, 5.41) is 13.8. The second-order valence-electron chi connectivity index (χ2n) is 7.56. The average molecular weight is 429 g/mol. The molecule has 3 rings (SSSR count). The first-order valence-electron chi connectivity index (χ1n) is 9.69. The maximum absolute atomic E-state index is 12.9. The zero-order valence-electron chi connectivity index (χ0n) is 16.1. The van der Waals surface area contributed by atoms with E-state index < -0.39 is 28.3 Å². The Kier molecular flexibility index (Phi) is 6.47. The van der Waals surface area contributed by atoms with Crippen molar-refractivity contribution in [1.82, 2.24) is 5.32 Å². The predicted molar refractivity (Wildman–Crippen MR) is 99.7 cm³/mol. The van der Waals surface area contributed by atoms with Crippen LogP contribution in [-0.2, 0) is 20.5 Å². The number of nitro benzene ring substituents is 1. The van der Waals surface area contributed by atoms with Crippen LogP contribution in [0.25, 0.3) is 0 Å². The number of ether oxygens (including phenoxy) is 1. The quantitative estimate of drug-likeness (QED) is 0.406. The zero-order chi connectivity index (χ0) is 21.9. The van der Waals surface area contributed by atoms with Crippen LogP contribution in [0.1, 0.15) is 31.2 Å². The van der Waals surface area contributed by atoms with Crippen molar-refractivity contribution in [1.29, 1.82) is 0 Å². The van der Waals surface area contributed by atoms with Gasteiger partial charge in [0.05, 0.1) is 17.1 Å². The molecule has 1 saturated heterocycles. The van der Waals surface area contributed by atoms with Crippen LogP contribution in [-0.4, -0.2) is 43.0 Å². The molecule has 1 aromatic carbocycles. The van der Waals surface area contributed by atoms with Crippen molar-refractivity contribution < 1.29 is 32.4 Å². The molecule has 1 aromatic rings. The second-order valence-corrected chi connectivity index (χ2v) is 7.56. The molecular formula is C19H22F3N3O5. The number of amides is 1. The summed E-state index contributed by atoms with van der Waals surface area (Å²) in [5.41, 5.74) is -1.61. The summed E-state index contributed by atoms with van der Waals surface area (Å²) in [4.78, 5) is 35.9. The van der Waals surface area contributed by atoms with E-state index in [9.17, 15) is 32.9 Å². The molecule has 164 valence electrons. The molecule has 1 N–H and O–H groups in total. The number of carbonyl (C=O) groups is 2. The summed E-state index contributed by atoms with van der Waals surface area (Å²) in [6.45, 7) is 0.710. The molecule has 0 bridgehead atoms. The van der Waals surface area contributed by atoms with Crippen LogP contribution in [0.2, 0.25) is 0 Å². The summed E-state index contributed by atoms with van der Waals surface area (Å²) in [6.07, 6.45) is -1.85. The SMILES string of the molecule is O=C(CNC(=O)C1CCN(c2ccc(C(F)(F)F)cc2[N+](=O)[O-])CC1)OCC1CC1. The van der Waals surface area contributed by atoms with Crippen molar-refractivity contribution >= 4 is 23.3 Å². The van der Waals surface area contributed by atoms with Crippen LogP contribution < -0.4 is 10.2 Å². The molecule has 2 aliphatic rings. The molecule has 11 heteroatoms. The summed E-state index contributed by atoms with van der Waals surface area (Å²) >= 11 is 0. The average Bonchev–Trinajstić information content (AvgIpc) is 3.54. The zero-order valence-corrected chi connectivity index (χ0v) is 16.1. The fourth-order valence-corrected chi connectivity index (χ4v) is 3.35. The van der Waals surface area contributed by atoms with E-state index in [0.717, 1.165) is 25.0 Å². The van der Waals surface area contributed by atoms with Crippen LogP contribution in [0, 0.1) is 22.0 Å². The molecular weight excluding hydrogens is 407 g/mol. The lowest BCUT2D eigenvalue weighted by Crippen LogP contribution is -2.42. The molecule has 1 saturated carbocycles. The number of halogens is 3.